The summed E-state index contributed by atoms with van der Waals surface area (Å²) < 4.78 is 5.61. The van der Waals surface area contributed by atoms with Gasteiger partial charge >= 0.3 is 0 Å². The summed E-state index contributed by atoms with van der Waals surface area (Å²) in [7, 11) is 0. The van der Waals surface area contributed by atoms with E-state index in [1.165, 1.54) is 0 Å². The molecule has 3 aromatic carbocycles. The van der Waals surface area contributed by atoms with Crippen molar-refractivity contribution in [2.24, 2.45) is 0 Å². The van der Waals surface area contributed by atoms with E-state index in [-0.39, 0.29) is 12.5 Å². The maximum absolute atomic E-state index is 12.1. The zero-order chi connectivity index (χ0) is 19.9. The molecule has 0 saturated carbocycles. The van der Waals surface area contributed by atoms with Crippen molar-refractivity contribution in [1.82, 2.24) is 0 Å². The number of ether oxygens (including phenoxy) is 1. The Morgan fingerprint density at radius 2 is 1.71 bits per heavy atom. The summed E-state index contributed by atoms with van der Waals surface area (Å²) in [5, 5.41) is 7.40. The predicted octanol–water partition coefficient (Wildman–Crippen LogP) is 5.93. The number of carbonyl (C=O) groups is 1. The fourth-order valence-electron chi connectivity index (χ4n) is 2.53. The van der Waals surface area contributed by atoms with Gasteiger partial charge in [-0.15, -0.1) is 0 Å². The Morgan fingerprint density at radius 1 is 0.964 bits per heavy atom. The molecule has 0 aliphatic carbocycles. The van der Waals surface area contributed by atoms with Gasteiger partial charge in [0.25, 0.3) is 5.91 Å². The van der Waals surface area contributed by atoms with Crippen molar-refractivity contribution in [2.45, 2.75) is 13.5 Å². The number of aryl methyl sites for hydroxylation is 1. The first-order chi connectivity index (χ1) is 13.5. The molecule has 0 heterocycles. The molecular weight excluding hydrogens is 395 g/mol. The average molecular weight is 415 g/mol. The van der Waals surface area contributed by atoms with Gasteiger partial charge in [0.1, 0.15) is 5.75 Å². The number of benzene rings is 3. The number of halogens is 2. The van der Waals surface area contributed by atoms with Crippen molar-refractivity contribution in [1.29, 1.82) is 0 Å². The minimum Gasteiger partial charge on any atom is -0.484 e. The highest BCUT2D eigenvalue weighted by Crippen LogP contribution is 2.20. The molecule has 144 valence electrons. The number of carbonyl (C=O) groups excluding carboxylic acids is 1. The molecule has 0 radical (unpaired) electrons. The molecule has 28 heavy (non-hydrogen) atoms. The van der Waals surface area contributed by atoms with Gasteiger partial charge in [0.15, 0.2) is 6.61 Å². The molecule has 3 aromatic rings. The second-order valence-electron chi connectivity index (χ2n) is 6.31. The Labute approximate surface area is 174 Å². The molecule has 0 atom stereocenters. The van der Waals surface area contributed by atoms with Crippen LogP contribution in [0.3, 0.4) is 0 Å². The van der Waals surface area contributed by atoms with Crippen LogP contribution < -0.4 is 15.4 Å². The van der Waals surface area contributed by atoms with Crippen molar-refractivity contribution in [3.63, 3.8) is 0 Å². The van der Waals surface area contributed by atoms with E-state index in [0.29, 0.717) is 28.0 Å². The van der Waals surface area contributed by atoms with Gasteiger partial charge in [-0.2, -0.15) is 0 Å². The molecule has 0 aromatic heterocycles. The number of hydrogen-bond donors (Lipinski definition) is 2. The molecule has 0 unspecified atom stereocenters. The number of nitrogens with one attached hydrogen (secondary N) is 2. The molecule has 0 spiro atoms. The van der Waals surface area contributed by atoms with E-state index in [4.69, 9.17) is 27.9 Å². The molecule has 0 fully saturated rings. The van der Waals surface area contributed by atoms with Gasteiger partial charge in [0, 0.05) is 28.0 Å². The summed E-state index contributed by atoms with van der Waals surface area (Å²) in [6.07, 6.45) is 0. The Hall–Kier alpha value is -2.69. The molecule has 0 bridgehead atoms. The molecule has 3 rings (SSSR count). The van der Waals surface area contributed by atoms with Gasteiger partial charge in [0.05, 0.1) is 0 Å². The quantitative estimate of drug-likeness (QED) is 0.503. The van der Waals surface area contributed by atoms with Gasteiger partial charge in [-0.25, -0.2) is 0 Å². The largest absolute Gasteiger partial charge is 0.484 e. The van der Waals surface area contributed by atoms with Crippen LogP contribution in [0, 0.1) is 6.92 Å². The number of rotatable bonds is 7. The Balaban J connectivity index is 1.51. The van der Waals surface area contributed by atoms with Crippen molar-refractivity contribution in [3.05, 3.63) is 87.9 Å². The highest BCUT2D eigenvalue weighted by atomic mass is 35.5. The highest BCUT2D eigenvalue weighted by Gasteiger charge is 2.06. The van der Waals surface area contributed by atoms with Gasteiger partial charge in [-0.1, -0.05) is 41.4 Å². The van der Waals surface area contributed by atoms with Crippen LogP contribution >= 0.6 is 23.2 Å². The van der Waals surface area contributed by atoms with Crippen molar-refractivity contribution < 1.29 is 9.53 Å². The SMILES string of the molecule is Cc1ccc(NC(=O)COc2cccc(CNc3ccc(Cl)cc3)c2)cc1Cl. The lowest BCUT2D eigenvalue weighted by Crippen LogP contribution is -2.20. The van der Waals surface area contributed by atoms with E-state index in [9.17, 15) is 4.79 Å². The van der Waals surface area contributed by atoms with Gasteiger partial charge in [0.2, 0.25) is 0 Å². The number of anilines is 2. The van der Waals surface area contributed by atoms with Crippen LogP contribution in [0.15, 0.2) is 66.7 Å². The van der Waals surface area contributed by atoms with Crippen LogP contribution in [0.4, 0.5) is 11.4 Å². The van der Waals surface area contributed by atoms with Crippen LogP contribution in [-0.4, -0.2) is 12.5 Å². The normalized spacial score (nSPS) is 10.4. The topological polar surface area (TPSA) is 50.4 Å². The molecule has 0 aliphatic rings. The molecular formula is C22H20Cl2N2O2. The zero-order valence-corrected chi connectivity index (χ0v) is 16.8. The van der Waals surface area contributed by atoms with Crippen LogP contribution in [0.2, 0.25) is 10.0 Å². The third-order valence-corrected chi connectivity index (χ3v) is 4.72. The predicted molar refractivity (Wildman–Crippen MR) is 116 cm³/mol. The fraction of sp³-hybridized carbons (Fsp3) is 0.136. The Kier molecular flexibility index (Phi) is 6.80. The number of amides is 1. The van der Waals surface area contributed by atoms with E-state index in [2.05, 4.69) is 10.6 Å². The average Bonchev–Trinajstić information content (AvgIpc) is 2.69. The summed E-state index contributed by atoms with van der Waals surface area (Å²) >= 11 is 12.0. The van der Waals surface area contributed by atoms with Crippen molar-refractivity contribution in [2.75, 3.05) is 17.2 Å². The standard InChI is InChI=1S/C22H20Cl2N2O2/c1-15-5-8-19(12-21(15)24)26-22(27)14-28-20-4-2-3-16(11-20)13-25-18-9-6-17(23)7-10-18/h2-12,25H,13-14H2,1H3,(H,26,27). The lowest BCUT2D eigenvalue weighted by Gasteiger charge is -2.10. The molecule has 2 N–H and O–H groups in total. The lowest BCUT2D eigenvalue weighted by molar-refractivity contribution is -0.118. The molecule has 0 saturated heterocycles. The lowest BCUT2D eigenvalue weighted by atomic mass is 10.2. The maximum atomic E-state index is 12.1. The van der Waals surface area contributed by atoms with Crippen LogP contribution in [-0.2, 0) is 11.3 Å². The smallest absolute Gasteiger partial charge is 0.262 e. The van der Waals surface area contributed by atoms with E-state index >= 15 is 0 Å². The Morgan fingerprint density at radius 3 is 2.46 bits per heavy atom. The van der Waals surface area contributed by atoms with Gasteiger partial charge in [-0.05, 0) is 66.6 Å². The molecule has 0 aliphatic heterocycles. The summed E-state index contributed by atoms with van der Waals surface area (Å²) in [5.74, 6) is 0.386. The number of hydrogen-bond acceptors (Lipinski definition) is 3. The first-order valence-corrected chi connectivity index (χ1v) is 9.52. The zero-order valence-electron chi connectivity index (χ0n) is 15.3. The highest BCUT2D eigenvalue weighted by molar-refractivity contribution is 6.31. The molecule has 6 heteroatoms. The van der Waals surface area contributed by atoms with Crippen LogP contribution in [0.1, 0.15) is 11.1 Å². The summed E-state index contributed by atoms with van der Waals surface area (Å²) in [5.41, 5.74) is 3.62. The summed E-state index contributed by atoms with van der Waals surface area (Å²) in [4.78, 5) is 12.1. The first kappa shape index (κ1) is 20.1. The third kappa shape index (κ3) is 5.91. The first-order valence-electron chi connectivity index (χ1n) is 8.77. The van der Waals surface area contributed by atoms with Gasteiger partial charge in [-0.3, -0.25) is 4.79 Å². The van der Waals surface area contributed by atoms with Crippen LogP contribution in [0.25, 0.3) is 0 Å². The maximum Gasteiger partial charge on any atom is 0.262 e. The summed E-state index contributed by atoms with van der Waals surface area (Å²) in [6, 6.07) is 20.5. The second-order valence-corrected chi connectivity index (χ2v) is 7.15. The minimum absolute atomic E-state index is 0.0838. The molecule has 4 nitrogen and oxygen atoms in total. The van der Waals surface area contributed by atoms with Gasteiger partial charge < -0.3 is 15.4 Å². The van der Waals surface area contributed by atoms with Crippen molar-refractivity contribution in [3.8, 4) is 5.75 Å². The second kappa shape index (κ2) is 9.49. The monoisotopic (exact) mass is 414 g/mol. The minimum atomic E-state index is -0.246. The van der Waals surface area contributed by atoms with E-state index < -0.39 is 0 Å². The third-order valence-electron chi connectivity index (χ3n) is 4.06. The van der Waals surface area contributed by atoms with E-state index in [0.717, 1.165) is 16.8 Å². The fourth-order valence-corrected chi connectivity index (χ4v) is 2.84. The van der Waals surface area contributed by atoms with Crippen LogP contribution in [0.5, 0.6) is 5.75 Å². The summed E-state index contributed by atoms with van der Waals surface area (Å²) in [6.45, 7) is 2.46. The molecule has 1 amide bonds. The van der Waals surface area contributed by atoms with Crippen molar-refractivity contribution >= 4 is 40.5 Å². The van der Waals surface area contributed by atoms with E-state index in [1.54, 1.807) is 6.07 Å². The van der Waals surface area contributed by atoms with E-state index in [1.807, 2.05) is 67.6 Å². The Bertz CT molecular complexity index is 959.